The molecule has 2 aromatic heterocycles. The van der Waals surface area contributed by atoms with Crippen LogP contribution in [0.2, 0.25) is 0 Å². The van der Waals surface area contributed by atoms with Gasteiger partial charge in [0.1, 0.15) is 11.6 Å². The Bertz CT molecular complexity index is 781. The van der Waals surface area contributed by atoms with Crippen LogP contribution < -0.4 is 5.32 Å². The van der Waals surface area contributed by atoms with E-state index in [-0.39, 0.29) is 5.91 Å². The van der Waals surface area contributed by atoms with E-state index in [0.717, 1.165) is 15.8 Å². The van der Waals surface area contributed by atoms with E-state index >= 15 is 0 Å². The summed E-state index contributed by atoms with van der Waals surface area (Å²) in [5.74, 6) is 1.44. The lowest BCUT2D eigenvalue weighted by molar-refractivity contribution is -0.116. The van der Waals surface area contributed by atoms with Gasteiger partial charge in [0.2, 0.25) is 5.91 Å². The molecular weight excluding hydrogens is 358 g/mol. The lowest BCUT2D eigenvalue weighted by Gasteiger charge is -2.09. The van der Waals surface area contributed by atoms with E-state index in [1.54, 1.807) is 23.2 Å². The second-order valence-electron chi connectivity index (χ2n) is 5.13. The lowest BCUT2D eigenvalue weighted by atomic mass is 10.2. The van der Waals surface area contributed by atoms with E-state index in [1.807, 2.05) is 36.4 Å². The summed E-state index contributed by atoms with van der Waals surface area (Å²) in [6.07, 6.45) is 4.24. The molecule has 0 bridgehead atoms. The maximum Gasteiger partial charge on any atom is 0.225 e. The molecule has 0 unspecified atom stereocenters. The minimum Gasteiger partial charge on any atom is -0.469 e. The Labute approximate surface area is 142 Å². The van der Waals surface area contributed by atoms with Gasteiger partial charge in [0.05, 0.1) is 19.0 Å². The molecule has 1 aromatic carbocycles. The van der Waals surface area contributed by atoms with Gasteiger partial charge >= 0.3 is 0 Å². The van der Waals surface area contributed by atoms with Gasteiger partial charge in [-0.2, -0.15) is 5.10 Å². The predicted octanol–water partition coefficient (Wildman–Crippen LogP) is 3.86. The quantitative estimate of drug-likeness (QED) is 0.713. The van der Waals surface area contributed by atoms with E-state index in [0.29, 0.717) is 25.2 Å². The Balaban J connectivity index is 1.60. The van der Waals surface area contributed by atoms with Crippen LogP contribution in [-0.2, 0) is 17.8 Å². The smallest absolute Gasteiger partial charge is 0.225 e. The standard InChI is InChI=1S/C17H16BrN3O2/c18-14-4-1-3-13(11-14)12-21-16(8-9-19-21)20-17(22)7-6-15-5-2-10-23-15/h1-5,8-11H,6-7,12H2,(H,20,22). The molecule has 0 radical (unpaired) electrons. The molecule has 6 heteroatoms. The number of rotatable bonds is 6. The second-order valence-corrected chi connectivity index (χ2v) is 6.05. The molecule has 0 spiro atoms. The van der Waals surface area contributed by atoms with Crippen LogP contribution in [0.5, 0.6) is 0 Å². The monoisotopic (exact) mass is 373 g/mol. The van der Waals surface area contributed by atoms with E-state index < -0.39 is 0 Å². The van der Waals surface area contributed by atoms with Crippen molar-refractivity contribution in [3.05, 3.63) is 70.7 Å². The van der Waals surface area contributed by atoms with E-state index in [1.165, 1.54) is 0 Å². The van der Waals surface area contributed by atoms with Gasteiger partial charge in [-0.1, -0.05) is 28.1 Å². The van der Waals surface area contributed by atoms with Crippen molar-refractivity contribution in [1.29, 1.82) is 0 Å². The molecule has 1 N–H and O–H groups in total. The molecule has 0 aliphatic rings. The number of carbonyl (C=O) groups is 1. The van der Waals surface area contributed by atoms with Crippen molar-refractivity contribution in [2.24, 2.45) is 0 Å². The molecule has 0 saturated heterocycles. The van der Waals surface area contributed by atoms with E-state index in [4.69, 9.17) is 4.42 Å². The number of nitrogens with zero attached hydrogens (tertiary/aromatic N) is 2. The number of aromatic nitrogens is 2. The lowest BCUT2D eigenvalue weighted by Crippen LogP contribution is -2.16. The molecule has 0 atom stereocenters. The Hall–Kier alpha value is -2.34. The van der Waals surface area contributed by atoms with Gasteiger partial charge in [-0.05, 0) is 29.8 Å². The molecule has 118 valence electrons. The Morgan fingerprint density at radius 1 is 1.26 bits per heavy atom. The molecule has 0 aliphatic heterocycles. The number of aryl methyl sites for hydroxylation is 1. The Morgan fingerprint density at radius 3 is 2.96 bits per heavy atom. The molecule has 0 saturated carbocycles. The third-order valence-electron chi connectivity index (χ3n) is 3.38. The van der Waals surface area contributed by atoms with Crippen molar-refractivity contribution in [2.75, 3.05) is 5.32 Å². The van der Waals surface area contributed by atoms with Crippen LogP contribution in [0.15, 0.2) is 63.8 Å². The maximum absolute atomic E-state index is 12.1. The maximum atomic E-state index is 12.1. The molecule has 23 heavy (non-hydrogen) atoms. The first-order valence-corrected chi connectivity index (χ1v) is 8.08. The van der Waals surface area contributed by atoms with E-state index in [2.05, 4.69) is 26.3 Å². The predicted molar refractivity (Wildman–Crippen MR) is 91.1 cm³/mol. The number of carbonyl (C=O) groups excluding carboxylic acids is 1. The number of hydrogen-bond acceptors (Lipinski definition) is 3. The number of furan rings is 1. The number of amides is 1. The third-order valence-corrected chi connectivity index (χ3v) is 3.88. The Kier molecular flexibility index (Phi) is 4.92. The van der Waals surface area contributed by atoms with Crippen molar-refractivity contribution in [3.8, 4) is 0 Å². The van der Waals surface area contributed by atoms with Crippen molar-refractivity contribution in [1.82, 2.24) is 9.78 Å². The highest BCUT2D eigenvalue weighted by atomic mass is 79.9. The minimum atomic E-state index is -0.0580. The first kappa shape index (κ1) is 15.6. The fraction of sp³-hybridized carbons (Fsp3) is 0.176. The highest BCUT2D eigenvalue weighted by Crippen LogP contribution is 2.15. The normalized spacial score (nSPS) is 10.7. The summed E-state index contributed by atoms with van der Waals surface area (Å²) >= 11 is 3.46. The summed E-state index contributed by atoms with van der Waals surface area (Å²) in [6, 6.07) is 13.5. The molecular formula is C17H16BrN3O2. The van der Waals surface area contributed by atoms with Crippen molar-refractivity contribution < 1.29 is 9.21 Å². The van der Waals surface area contributed by atoms with Crippen LogP contribution in [-0.4, -0.2) is 15.7 Å². The fourth-order valence-corrected chi connectivity index (χ4v) is 2.72. The van der Waals surface area contributed by atoms with Gasteiger partial charge in [-0.25, -0.2) is 4.68 Å². The highest BCUT2D eigenvalue weighted by molar-refractivity contribution is 9.10. The van der Waals surface area contributed by atoms with Gasteiger partial charge in [0.15, 0.2) is 0 Å². The van der Waals surface area contributed by atoms with Crippen molar-refractivity contribution in [2.45, 2.75) is 19.4 Å². The number of benzene rings is 1. The number of nitrogens with one attached hydrogen (secondary N) is 1. The van der Waals surface area contributed by atoms with Crippen LogP contribution >= 0.6 is 15.9 Å². The average Bonchev–Trinajstić information content (AvgIpc) is 3.18. The van der Waals surface area contributed by atoms with Crippen LogP contribution in [0.4, 0.5) is 5.82 Å². The zero-order chi connectivity index (χ0) is 16.1. The van der Waals surface area contributed by atoms with Crippen LogP contribution in [0.1, 0.15) is 17.7 Å². The summed E-state index contributed by atoms with van der Waals surface area (Å²) in [7, 11) is 0. The molecule has 3 rings (SSSR count). The van der Waals surface area contributed by atoms with Crippen LogP contribution in [0.25, 0.3) is 0 Å². The molecule has 0 aliphatic carbocycles. The summed E-state index contributed by atoms with van der Waals surface area (Å²) in [5.41, 5.74) is 1.11. The fourth-order valence-electron chi connectivity index (χ4n) is 2.27. The zero-order valence-corrected chi connectivity index (χ0v) is 14.0. The summed E-state index contributed by atoms with van der Waals surface area (Å²) in [5, 5.41) is 7.17. The molecule has 3 aromatic rings. The van der Waals surface area contributed by atoms with Gasteiger partial charge in [0, 0.05) is 23.4 Å². The molecule has 1 amide bonds. The topological polar surface area (TPSA) is 60.1 Å². The summed E-state index contributed by atoms with van der Waals surface area (Å²) < 4.78 is 8.02. The van der Waals surface area contributed by atoms with Crippen LogP contribution in [0.3, 0.4) is 0 Å². The van der Waals surface area contributed by atoms with E-state index in [9.17, 15) is 4.79 Å². The van der Waals surface area contributed by atoms with Gasteiger partial charge in [-0.15, -0.1) is 0 Å². The number of halogens is 1. The minimum absolute atomic E-state index is 0.0580. The average molecular weight is 374 g/mol. The molecule has 5 nitrogen and oxygen atoms in total. The van der Waals surface area contributed by atoms with Crippen molar-refractivity contribution in [3.63, 3.8) is 0 Å². The SMILES string of the molecule is O=C(CCc1ccco1)Nc1ccnn1Cc1cccc(Br)c1. The number of hydrogen-bond donors (Lipinski definition) is 1. The van der Waals surface area contributed by atoms with Crippen molar-refractivity contribution >= 4 is 27.7 Å². The first-order chi connectivity index (χ1) is 11.2. The third kappa shape index (κ3) is 4.32. The summed E-state index contributed by atoms with van der Waals surface area (Å²) in [6.45, 7) is 0.597. The highest BCUT2D eigenvalue weighted by Gasteiger charge is 2.09. The zero-order valence-electron chi connectivity index (χ0n) is 12.4. The largest absolute Gasteiger partial charge is 0.469 e. The van der Waals surface area contributed by atoms with Crippen LogP contribution in [0, 0.1) is 0 Å². The Morgan fingerprint density at radius 2 is 2.17 bits per heavy atom. The molecule has 2 heterocycles. The first-order valence-electron chi connectivity index (χ1n) is 7.29. The van der Waals surface area contributed by atoms with Gasteiger partial charge < -0.3 is 9.73 Å². The van der Waals surface area contributed by atoms with Gasteiger partial charge in [-0.3, -0.25) is 4.79 Å². The number of anilines is 1. The van der Waals surface area contributed by atoms with Gasteiger partial charge in [0.25, 0.3) is 0 Å². The summed E-state index contributed by atoms with van der Waals surface area (Å²) in [4.78, 5) is 12.1. The molecule has 0 fully saturated rings. The second kappa shape index (κ2) is 7.28.